The number of rotatable bonds is 7. The molecule has 2 heterocycles. The van der Waals surface area contributed by atoms with E-state index in [4.69, 9.17) is 8.94 Å². The molecule has 0 atom stereocenters. The Kier molecular flexibility index (Phi) is 4.56. The Morgan fingerprint density at radius 3 is 2.91 bits per heavy atom. The van der Waals surface area contributed by atoms with Crippen LogP contribution in [0.1, 0.15) is 38.5 Å². The lowest BCUT2D eigenvalue weighted by Gasteiger charge is -2.31. The Labute approximate surface area is 129 Å². The van der Waals surface area contributed by atoms with Gasteiger partial charge in [-0.15, -0.1) is 0 Å². The van der Waals surface area contributed by atoms with E-state index in [9.17, 15) is 4.79 Å². The van der Waals surface area contributed by atoms with Crippen LogP contribution in [-0.2, 0) is 11.2 Å². The van der Waals surface area contributed by atoms with Crippen LogP contribution in [0, 0.1) is 5.92 Å². The fraction of sp³-hybridized carbons (Fsp3) is 0.562. The van der Waals surface area contributed by atoms with Crippen molar-refractivity contribution < 1.29 is 13.7 Å². The average Bonchev–Trinajstić information content (AvgIpc) is 3.11. The number of carbonyl (C=O) groups excluding carboxylic acids is 1. The number of amides is 1. The topological polar surface area (TPSA) is 72.4 Å². The van der Waals surface area contributed by atoms with Crippen molar-refractivity contribution in [3.8, 4) is 11.6 Å². The van der Waals surface area contributed by atoms with E-state index in [0.29, 0.717) is 30.4 Å². The zero-order valence-electron chi connectivity index (χ0n) is 12.8. The van der Waals surface area contributed by atoms with Gasteiger partial charge in [0.25, 0.3) is 0 Å². The Hall–Kier alpha value is -2.11. The first-order chi connectivity index (χ1) is 10.8. The summed E-state index contributed by atoms with van der Waals surface area (Å²) in [6, 6.07) is 3.57. The van der Waals surface area contributed by atoms with Gasteiger partial charge in [-0.25, -0.2) is 0 Å². The molecule has 2 aromatic rings. The number of aromatic nitrogens is 2. The van der Waals surface area contributed by atoms with E-state index in [1.807, 2.05) is 4.90 Å². The van der Waals surface area contributed by atoms with Crippen LogP contribution in [0.3, 0.4) is 0 Å². The molecule has 1 saturated carbocycles. The maximum atomic E-state index is 12.4. The summed E-state index contributed by atoms with van der Waals surface area (Å²) in [4.78, 5) is 18.6. The molecule has 1 amide bonds. The highest BCUT2D eigenvalue weighted by molar-refractivity contribution is 5.79. The highest BCUT2D eigenvalue weighted by Crippen LogP contribution is 2.28. The summed E-state index contributed by atoms with van der Waals surface area (Å²) < 4.78 is 10.5. The van der Waals surface area contributed by atoms with Crippen LogP contribution in [0.4, 0.5) is 0 Å². The molecule has 6 heteroatoms. The molecule has 0 radical (unpaired) electrons. The summed E-state index contributed by atoms with van der Waals surface area (Å²) in [6.07, 6.45) is 6.34. The molecule has 3 rings (SSSR count). The summed E-state index contributed by atoms with van der Waals surface area (Å²) >= 11 is 0. The van der Waals surface area contributed by atoms with Gasteiger partial charge in [0, 0.05) is 25.4 Å². The van der Waals surface area contributed by atoms with E-state index in [2.05, 4.69) is 17.1 Å². The van der Waals surface area contributed by atoms with Crippen LogP contribution in [0.15, 0.2) is 27.3 Å². The third kappa shape index (κ3) is 3.21. The van der Waals surface area contributed by atoms with E-state index < -0.39 is 0 Å². The quantitative estimate of drug-likeness (QED) is 0.786. The Balaban J connectivity index is 1.58. The van der Waals surface area contributed by atoms with Crippen molar-refractivity contribution in [2.24, 2.45) is 5.92 Å². The molecule has 0 aliphatic heterocycles. The van der Waals surface area contributed by atoms with Crippen molar-refractivity contribution in [1.29, 1.82) is 0 Å². The molecular weight excluding hydrogens is 282 g/mol. The van der Waals surface area contributed by atoms with Crippen LogP contribution in [0.2, 0.25) is 0 Å². The molecule has 0 bridgehead atoms. The standard InChI is InChI=1S/C16H21N3O3/c1-2-9-19(16(20)12-5-3-6-12)10-8-14-17-15(18-22-14)13-7-4-11-21-13/h4,7,11-12H,2-3,5-6,8-10H2,1H3. The zero-order chi connectivity index (χ0) is 15.4. The van der Waals surface area contributed by atoms with Crippen molar-refractivity contribution in [2.75, 3.05) is 13.1 Å². The second-order valence-electron chi connectivity index (χ2n) is 5.69. The molecule has 118 valence electrons. The first-order valence-electron chi connectivity index (χ1n) is 7.93. The predicted octanol–water partition coefficient (Wildman–Crippen LogP) is 2.91. The second kappa shape index (κ2) is 6.77. The smallest absolute Gasteiger partial charge is 0.238 e. The summed E-state index contributed by atoms with van der Waals surface area (Å²) in [6.45, 7) is 3.50. The minimum absolute atomic E-state index is 0.230. The average molecular weight is 303 g/mol. The molecule has 0 saturated heterocycles. The van der Waals surface area contributed by atoms with Gasteiger partial charge in [0.2, 0.25) is 17.6 Å². The Morgan fingerprint density at radius 1 is 1.41 bits per heavy atom. The van der Waals surface area contributed by atoms with Gasteiger partial charge in [-0.3, -0.25) is 4.79 Å². The van der Waals surface area contributed by atoms with Crippen molar-refractivity contribution in [3.05, 3.63) is 24.3 Å². The van der Waals surface area contributed by atoms with Gasteiger partial charge in [-0.05, 0) is 31.4 Å². The first kappa shape index (κ1) is 14.8. The number of hydrogen-bond donors (Lipinski definition) is 0. The molecular formula is C16H21N3O3. The van der Waals surface area contributed by atoms with Crippen LogP contribution in [-0.4, -0.2) is 34.0 Å². The highest BCUT2D eigenvalue weighted by atomic mass is 16.5. The largest absolute Gasteiger partial charge is 0.461 e. The molecule has 0 spiro atoms. The van der Waals surface area contributed by atoms with Gasteiger partial charge in [0.05, 0.1) is 6.26 Å². The van der Waals surface area contributed by atoms with E-state index in [0.717, 1.165) is 25.8 Å². The first-order valence-corrected chi connectivity index (χ1v) is 7.93. The number of carbonyl (C=O) groups is 1. The minimum atomic E-state index is 0.230. The molecule has 22 heavy (non-hydrogen) atoms. The number of furan rings is 1. The van der Waals surface area contributed by atoms with Crippen molar-refractivity contribution >= 4 is 5.91 Å². The molecule has 1 aliphatic rings. The lowest BCUT2D eigenvalue weighted by molar-refractivity contribution is -0.138. The van der Waals surface area contributed by atoms with Gasteiger partial charge >= 0.3 is 0 Å². The lowest BCUT2D eigenvalue weighted by atomic mass is 9.84. The predicted molar refractivity (Wildman–Crippen MR) is 79.9 cm³/mol. The van der Waals surface area contributed by atoms with Crippen molar-refractivity contribution in [3.63, 3.8) is 0 Å². The maximum Gasteiger partial charge on any atom is 0.238 e. The molecule has 0 N–H and O–H groups in total. The number of hydrogen-bond acceptors (Lipinski definition) is 5. The van der Waals surface area contributed by atoms with E-state index in [1.54, 1.807) is 18.4 Å². The summed E-state index contributed by atoms with van der Waals surface area (Å²) in [5, 5.41) is 3.91. The fourth-order valence-electron chi connectivity index (χ4n) is 2.61. The van der Waals surface area contributed by atoms with Gasteiger partial charge in [0.15, 0.2) is 5.76 Å². The zero-order valence-corrected chi connectivity index (χ0v) is 12.8. The van der Waals surface area contributed by atoms with Crippen LogP contribution < -0.4 is 0 Å². The molecule has 1 fully saturated rings. The molecule has 1 aliphatic carbocycles. The summed E-state index contributed by atoms with van der Waals surface area (Å²) in [7, 11) is 0. The van der Waals surface area contributed by atoms with E-state index in [1.165, 1.54) is 6.42 Å². The second-order valence-corrected chi connectivity index (χ2v) is 5.69. The van der Waals surface area contributed by atoms with Crippen molar-refractivity contribution in [2.45, 2.75) is 39.0 Å². The van der Waals surface area contributed by atoms with Gasteiger partial charge in [0.1, 0.15) is 0 Å². The normalized spacial score (nSPS) is 14.8. The summed E-state index contributed by atoms with van der Waals surface area (Å²) in [5.41, 5.74) is 0. The van der Waals surface area contributed by atoms with Crippen LogP contribution in [0.25, 0.3) is 11.6 Å². The van der Waals surface area contributed by atoms with E-state index >= 15 is 0 Å². The molecule has 0 aromatic carbocycles. The third-order valence-electron chi connectivity index (χ3n) is 4.06. The monoisotopic (exact) mass is 303 g/mol. The summed E-state index contributed by atoms with van der Waals surface area (Å²) in [5.74, 6) is 2.08. The minimum Gasteiger partial charge on any atom is -0.461 e. The Morgan fingerprint density at radius 2 is 2.27 bits per heavy atom. The molecule has 6 nitrogen and oxygen atoms in total. The van der Waals surface area contributed by atoms with Crippen LogP contribution in [0.5, 0.6) is 0 Å². The SMILES string of the molecule is CCCN(CCc1nc(-c2ccco2)no1)C(=O)C1CCC1. The van der Waals surface area contributed by atoms with Gasteiger partial charge in [-0.2, -0.15) is 4.98 Å². The number of nitrogens with zero attached hydrogens (tertiary/aromatic N) is 3. The van der Waals surface area contributed by atoms with Gasteiger partial charge in [-0.1, -0.05) is 18.5 Å². The van der Waals surface area contributed by atoms with Crippen LogP contribution >= 0.6 is 0 Å². The van der Waals surface area contributed by atoms with Gasteiger partial charge < -0.3 is 13.8 Å². The molecule has 2 aromatic heterocycles. The van der Waals surface area contributed by atoms with E-state index in [-0.39, 0.29) is 11.8 Å². The maximum absolute atomic E-state index is 12.4. The van der Waals surface area contributed by atoms with Crippen molar-refractivity contribution in [1.82, 2.24) is 15.0 Å². The molecule has 0 unspecified atom stereocenters. The fourth-order valence-corrected chi connectivity index (χ4v) is 2.61. The lowest BCUT2D eigenvalue weighted by Crippen LogP contribution is -2.40. The Bertz CT molecular complexity index is 602. The third-order valence-corrected chi connectivity index (χ3v) is 4.06. The highest BCUT2D eigenvalue weighted by Gasteiger charge is 2.29.